The quantitative estimate of drug-likeness (QED) is 0.594. The molecule has 0 aromatic heterocycles. The van der Waals surface area contributed by atoms with E-state index in [9.17, 15) is 4.79 Å². The van der Waals surface area contributed by atoms with Gasteiger partial charge in [0, 0.05) is 6.42 Å². The van der Waals surface area contributed by atoms with Crippen molar-refractivity contribution in [1.29, 1.82) is 0 Å². The maximum Gasteiger partial charge on any atom is 0.152 e. The summed E-state index contributed by atoms with van der Waals surface area (Å²) in [5.41, 5.74) is 5.31. The Kier molecular flexibility index (Phi) is 1.82. The Labute approximate surface area is 61.8 Å². The van der Waals surface area contributed by atoms with E-state index in [2.05, 4.69) is 6.92 Å². The molecular weight excluding hydrogens is 126 g/mol. The average Bonchev–Trinajstić information content (AvgIpc) is 2.10. The van der Waals surface area contributed by atoms with E-state index in [1.807, 2.05) is 6.92 Å². The lowest BCUT2D eigenvalue weighted by Crippen LogP contribution is -2.46. The number of carbonyl (C=O) groups excluding carboxylic acids is 1. The van der Waals surface area contributed by atoms with Crippen molar-refractivity contribution in [2.75, 3.05) is 0 Å². The first-order valence-corrected chi connectivity index (χ1v) is 3.91. The van der Waals surface area contributed by atoms with Crippen LogP contribution in [0.3, 0.4) is 0 Å². The second-order valence-electron chi connectivity index (χ2n) is 3.35. The highest BCUT2D eigenvalue weighted by molar-refractivity contribution is 5.90. The third-order valence-electron chi connectivity index (χ3n) is 2.66. The van der Waals surface area contributed by atoms with Crippen molar-refractivity contribution in [2.45, 2.75) is 38.6 Å². The standard InChI is InChI=1S/C8H15NO/c1-3-6-4-5-7(10)8(6,2)9/h6H,3-5,9H2,1-2H3. The number of Topliss-reactive ketones (excluding diaryl/α,β-unsaturated/α-hetero) is 1. The predicted octanol–water partition coefficient (Wildman–Crippen LogP) is 1.09. The highest BCUT2D eigenvalue weighted by Gasteiger charge is 2.41. The van der Waals surface area contributed by atoms with E-state index >= 15 is 0 Å². The summed E-state index contributed by atoms with van der Waals surface area (Å²) in [6.45, 7) is 3.95. The van der Waals surface area contributed by atoms with E-state index in [1.165, 1.54) is 0 Å². The topological polar surface area (TPSA) is 43.1 Å². The SMILES string of the molecule is CCC1CCC(=O)C1(C)N. The minimum absolute atomic E-state index is 0.236. The van der Waals surface area contributed by atoms with E-state index in [1.54, 1.807) is 0 Å². The fraction of sp³-hybridized carbons (Fsp3) is 0.875. The molecule has 0 aromatic rings. The zero-order valence-corrected chi connectivity index (χ0v) is 6.68. The van der Waals surface area contributed by atoms with E-state index < -0.39 is 5.54 Å². The molecular formula is C8H15NO. The summed E-state index contributed by atoms with van der Waals surface area (Å²) in [5.74, 6) is 0.652. The van der Waals surface area contributed by atoms with Crippen LogP contribution in [0.15, 0.2) is 0 Å². The smallest absolute Gasteiger partial charge is 0.152 e. The molecule has 0 spiro atoms. The van der Waals surface area contributed by atoms with Crippen molar-refractivity contribution in [3.63, 3.8) is 0 Å². The summed E-state index contributed by atoms with van der Waals surface area (Å²) >= 11 is 0. The van der Waals surface area contributed by atoms with Gasteiger partial charge in [0.1, 0.15) is 0 Å². The van der Waals surface area contributed by atoms with Gasteiger partial charge in [-0.05, 0) is 19.3 Å². The number of nitrogens with two attached hydrogens (primary N) is 1. The number of rotatable bonds is 1. The second kappa shape index (κ2) is 2.35. The molecule has 2 unspecified atom stereocenters. The number of ketones is 1. The molecule has 0 bridgehead atoms. The van der Waals surface area contributed by atoms with Crippen LogP contribution in [0.2, 0.25) is 0 Å². The van der Waals surface area contributed by atoms with Crippen molar-refractivity contribution in [3.05, 3.63) is 0 Å². The molecule has 2 heteroatoms. The first-order valence-electron chi connectivity index (χ1n) is 3.91. The molecule has 0 aliphatic heterocycles. The van der Waals surface area contributed by atoms with Crippen LogP contribution in [0, 0.1) is 5.92 Å². The molecule has 1 rings (SSSR count). The zero-order valence-electron chi connectivity index (χ0n) is 6.68. The van der Waals surface area contributed by atoms with Gasteiger partial charge < -0.3 is 5.73 Å². The van der Waals surface area contributed by atoms with Gasteiger partial charge in [-0.1, -0.05) is 13.3 Å². The summed E-state index contributed by atoms with van der Waals surface area (Å²) in [6, 6.07) is 0. The molecule has 1 aliphatic carbocycles. The first-order chi connectivity index (χ1) is 4.59. The third-order valence-corrected chi connectivity index (χ3v) is 2.66. The Bertz CT molecular complexity index is 151. The van der Waals surface area contributed by atoms with Gasteiger partial charge in [-0.15, -0.1) is 0 Å². The number of carbonyl (C=O) groups is 1. The summed E-state index contributed by atoms with van der Waals surface area (Å²) in [7, 11) is 0. The van der Waals surface area contributed by atoms with Crippen molar-refractivity contribution in [2.24, 2.45) is 11.7 Å². The molecule has 1 saturated carbocycles. The normalized spacial score (nSPS) is 40.7. The zero-order chi connectivity index (χ0) is 7.78. The molecule has 0 aromatic carbocycles. The van der Waals surface area contributed by atoms with E-state index in [0.29, 0.717) is 12.3 Å². The predicted molar refractivity (Wildman–Crippen MR) is 40.6 cm³/mol. The fourth-order valence-electron chi connectivity index (χ4n) is 1.73. The van der Waals surface area contributed by atoms with Gasteiger partial charge in [-0.25, -0.2) is 0 Å². The molecule has 2 nitrogen and oxygen atoms in total. The van der Waals surface area contributed by atoms with E-state index in [-0.39, 0.29) is 5.78 Å². The number of hydrogen-bond acceptors (Lipinski definition) is 2. The highest BCUT2D eigenvalue weighted by Crippen LogP contribution is 2.32. The number of hydrogen-bond donors (Lipinski definition) is 1. The monoisotopic (exact) mass is 141 g/mol. The first kappa shape index (κ1) is 7.73. The molecule has 0 radical (unpaired) electrons. The minimum atomic E-state index is -0.519. The van der Waals surface area contributed by atoms with Gasteiger partial charge in [0.25, 0.3) is 0 Å². The van der Waals surface area contributed by atoms with Crippen molar-refractivity contribution in [1.82, 2.24) is 0 Å². The van der Waals surface area contributed by atoms with Crippen LogP contribution in [-0.2, 0) is 4.79 Å². The van der Waals surface area contributed by atoms with E-state index in [0.717, 1.165) is 12.8 Å². The Morgan fingerprint density at radius 3 is 2.60 bits per heavy atom. The Balaban J connectivity index is 2.73. The van der Waals surface area contributed by atoms with Crippen LogP contribution in [0.4, 0.5) is 0 Å². The maximum atomic E-state index is 11.1. The molecule has 0 saturated heterocycles. The van der Waals surface area contributed by atoms with Gasteiger partial charge in [0.05, 0.1) is 5.54 Å². The van der Waals surface area contributed by atoms with Crippen LogP contribution in [-0.4, -0.2) is 11.3 Å². The van der Waals surface area contributed by atoms with Crippen LogP contribution < -0.4 is 5.73 Å². The van der Waals surface area contributed by atoms with Crippen LogP contribution >= 0.6 is 0 Å². The van der Waals surface area contributed by atoms with Gasteiger partial charge in [-0.3, -0.25) is 4.79 Å². The van der Waals surface area contributed by atoms with Gasteiger partial charge in [-0.2, -0.15) is 0 Å². The molecule has 2 atom stereocenters. The molecule has 58 valence electrons. The Morgan fingerprint density at radius 1 is 1.80 bits per heavy atom. The van der Waals surface area contributed by atoms with Crippen LogP contribution in [0.5, 0.6) is 0 Å². The second-order valence-corrected chi connectivity index (χ2v) is 3.35. The molecule has 0 heterocycles. The van der Waals surface area contributed by atoms with Crippen molar-refractivity contribution < 1.29 is 4.79 Å². The van der Waals surface area contributed by atoms with Crippen LogP contribution in [0.25, 0.3) is 0 Å². The summed E-state index contributed by atoms with van der Waals surface area (Å²) < 4.78 is 0. The molecule has 2 N–H and O–H groups in total. The lowest BCUT2D eigenvalue weighted by Gasteiger charge is -2.23. The molecule has 0 amide bonds. The Morgan fingerprint density at radius 2 is 2.40 bits per heavy atom. The van der Waals surface area contributed by atoms with Gasteiger partial charge in [0.2, 0.25) is 0 Å². The average molecular weight is 141 g/mol. The lowest BCUT2D eigenvalue weighted by molar-refractivity contribution is -0.122. The highest BCUT2D eigenvalue weighted by atomic mass is 16.1. The lowest BCUT2D eigenvalue weighted by atomic mass is 9.88. The summed E-state index contributed by atoms with van der Waals surface area (Å²) in [5, 5.41) is 0. The fourth-order valence-corrected chi connectivity index (χ4v) is 1.73. The van der Waals surface area contributed by atoms with Crippen molar-refractivity contribution >= 4 is 5.78 Å². The van der Waals surface area contributed by atoms with Gasteiger partial charge >= 0.3 is 0 Å². The summed E-state index contributed by atoms with van der Waals surface area (Å²) in [6.07, 6.45) is 2.70. The summed E-state index contributed by atoms with van der Waals surface area (Å²) in [4.78, 5) is 11.1. The Hall–Kier alpha value is -0.370. The maximum absolute atomic E-state index is 11.1. The third kappa shape index (κ3) is 0.966. The van der Waals surface area contributed by atoms with E-state index in [4.69, 9.17) is 5.73 Å². The van der Waals surface area contributed by atoms with Crippen LogP contribution in [0.1, 0.15) is 33.1 Å². The van der Waals surface area contributed by atoms with Crippen molar-refractivity contribution in [3.8, 4) is 0 Å². The molecule has 1 fully saturated rings. The molecule has 10 heavy (non-hydrogen) atoms. The largest absolute Gasteiger partial charge is 0.319 e. The minimum Gasteiger partial charge on any atom is -0.319 e. The van der Waals surface area contributed by atoms with Gasteiger partial charge in [0.15, 0.2) is 5.78 Å². The molecule has 1 aliphatic rings.